The van der Waals surface area contributed by atoms with Gasteiger partial charge in [0.25, 0.3) is 5.91 Å². The van der Waals surface area contributed by atoms with Gasteiger partial charge in [-0.25, -0.2) is 9.82 Å². The minimum Gasteiger partial charge on any atom is -0.508 e. The molecule has 6 bridgehead atoms. The molecule has 7 rings (SSSR count). The van der Waals surface area contributed by atoms with Crippen LogP contribution in [0.5, 0.6) is 5.75 Å². The molecule has 1 saturated heterocycles. The summed E-state index contributed by atoms with van der Waals surface area (Å²) in [5.74, 6) is -3.16. The Bertz CT molecular complexity index is 2330. The molecular formula is C47H59FN6O7. The van der Waals surface area contributed by atoms with Crippen molar-refractivity contribution in [3.63, 3.8) is 0 Å². The van der Waals surface area contributed by atoms with Crippen molar-refractivity contribution in [3.05, 3.63) is 71.5 Å². The zero-order valence-corrected chi connectivity index (χ0v) is 36.5. The molecule has 0 spiro atoms. The van der Waals surface area contributed by atoms with Crippen LogP contribution >= 0.6 is 0 Å². The van der Waals surface area contributed by atoms with Gasteiger partial charge >= 0.3 is 5.97 Å². The minimum atomic E-state index is -1.23. The molecule has 6 atom stereocenters. The van der Waals surface area contributed by atoms with Crippen molar-refractivity contribution in [2.24, 2.45) is 17.3 Å². The molecule has 2 aliphatic heterocycles. The maximum atomic E-state index is 14.5. The fraction of sp³-hybridized carbons (Fsp3) is 0.511. The van der Waals surface area contributed by atoms with Crippen LogP contribution < -0.4 is 10.7 Å². The number of esters is 1. The number of carbonyl (C=O) groups excluding carboxylic acids is 4. The molecular weight excluding hydrogens is 780 g/mol. The van der Waals surface area contributed by atoms with Gasteiger partial charge in [-0.05, 0) is 104 Å². The molecule has 2 fully saturated rings. The molecule has 326 valence electrons. The maximum absolute atomic E-state index is 14.5. The lowest BCUT2D eigenvalue weighted by Crippen LogP contribution is -2.62. The van der Waals surface area contributed by atoms with E-state index < -0.39 is 59.3 Å². The summed E-state index contributed by atoms with van der Waals surface area (Å²) in [5, 5.41) is 16.5. The Morgan fingerprint density at radius 1 is 1.13 bits per heavy atom. The van der Waals surface area contributed by atoms with E-state index in [0.717, 1.165) is 39.0 Å². The third kappa shape index (κ3) is 9.02. The Balaban J connectivity index is 1.35. The highest BCUT2D eigenvalue weighted by Gasteiger charge is 2.47. The second-order valence-corrected chi connectivity index (χ2v) is 18.0. The van der Waals surface area contributed by atoms with E-state index in [1.165, 1.54) is 17.0 Å². The monoisotopic (exact) mass is 838 g/mol. The highest BCUT2D eigenvalue weighted by atomic mass is 19.1. The van der Waals surface area contributed by atoms with Crippen molar-refractivity contribution in [2.75, 3.05) is 27.3 Å². The molecule has 3 N–H and O–H groups in total. The molecule has 0 unspecified atom stereocenters. The van der Waals surface area contributed by atoms with E-state index in [4.69, 9.17) is 14.5 Å². The number of aromatic hydroxyl groups is 1. The molecule has 1 saturated carbocycles. The van der Waals surface area contributed by atoms with Gasteiger partial charge in [0.15, 0.2) is 0 Å². The fourth-order valence-corrected chi connectivity index (χ4v) is 9.07. The number of pyridine rings is 1. The van der Waals surface area contributed by atoms with Crippen LogP contribution in [-0.4, -0.2) is 99.9 Å². The second-order valence-electron chi connectivity index (χ2n) is 18.0. The number of hydrazine groups is 1. The number of cyclic esters (lactones) is 1. The third-order valence-corrected chi connectivity index (χ3v) is 12.4. The summed E-state index contributed by atoms with van der Waals surface area (Å²) in [4.78, 5) is 61.7. The molecule has 1 aliphatic carbocycles. The fourth-order valence-electron chi connectivity index (χ4n) is 9.07. The first-order chi connectivity index (χ1) is 29.0. The topological polar surface area (TPSA) is 155 Å². The van der Waals surface area contributed by atoms with Crippen molar-refractivity contribution in [1.82, 2.24) is 30.2 Å². The number of ether oxygens (including phenoxy) is 2. The van der Waals surface area contributed by atoms with Gasteiger partial charge < -0.3 is 29.4 Å². The molecule has 4 heterocycles. The number of hydrogen-bond donors (Lipinski definition) is 3. The van der Waals surface area contributed by atoms with Gasteiger partial charge in [-0.3, -0.25) is 29.2 Å². The smallest absolute Gasteiger partial charge is 0.324 e. The number of likely N-dealkylation sites (N-methyl/N-ethyl adjacent to an activating group) is 1. The number of aryl methyl sites for hydroxylation is 1. The van der Waals surface area contributed by atoms with Crippen LogP contribution in [0.4, 0.5) is 4.39 Å². The Morgan fingerprint density at radius 3 is 2.57 bits per heavy atom. The SMILES string of the molecule is CCn1c(-c2cccnc2[C@H](C)OC)c2c3cc(ccc31)-c1cc(O)cc(c1)C[C@H](NC(=O)[C@H](C(C)C)N(C)C(=O)[C@H]1C[C@H]1F)C(=O)N1CCC[C@H](N1)C(=O)OCC(C)(C)C2. The van der Waals surface area contributed by atoms with Crippen LogP contribution in [0, 0.1) is 17.3 Å². The van der Waals surface area contributed by atoms with Crippen LogP contribution in [0.25, 0.3) is 33.3 Å². The van der Waals surface area contributed by atoms with E-state index >= 15 is 0 Å². The summed E-state index contributed by atoms with van der Waals surface area (Å²) in [5.41, 5.74) is 9.47. The number of phenols is 1. The molecule has 14 heteroatoms. The number of hydrogen-bond acceptors (Lipinski definition) is 9. The predicted octanol–water partition coefficient (Wildman–Crippen LogP) is 6.29. The van der Waals surface area contributed by atoms with Crippen LogP contribution in [0.1, 0.15) is 83.7 Å². The molecule has 61 heavy (non-hydrogen) atoms. The van der Waals surface area contributed by atoms with E-state index in [9.17, 15) is 28.7 Å². The van der Waals surface area contributed by atoms with Crippen molar-refractivity contribution < 1.29 is 38.1 Å². The van der Waals surface area contributed by atoms with Crippen LogP contribution in [-0.2, 0) is 48.0 Å². The average molecular weight is 839 g/mol. The summed E-state index contributed by atoms with van der Waals surface area (Å²) in [6.45, 7) is 12.8. The van der Waals surface area contributed by atoms with Gasteiger partial charge in [0.05, 0.1) is 30.0 Å². The number of nitrogens with zero attached hydrogens (tertiary/aromatic N) is 4. The van der Waals surface area contributed by atoms with Crippen LogP contribution in [0.15, 0.2) is 54.7 Å². The lowest BCUT2D eigenvalue weighted by molar-refractivity contribution is -0.155. The molecule has 3 amide bonds. The number of methoxy groups -OCH3 is 1. The second kappa shape index (κ2) is 17.6. The molecule has 13 nitrogen and oxygen atoms in total. The van der Waals surface area contributed by atoms with E-state index in [-0.39, 0.29) is 43.8 Å². The largest absolute Gasteiger partial charge is 0.508 e. The third-order valence-electron chi connectivity index (χ3n) is 12.4. The first-order valence-corrected chi connectivity index (χ1v) is 21.4. The number of amides is 3. The van der Waals surface area contributed by atoms with Gasteiger partial charge in [0, 0.05) is 61.7 Å². The van der Waals surface area contributed by atoms with Gasteiger partial charge in [-0.1, -0.05) is 39.8 Å². The number of halogens is 1. The van der Waals surface area contributed by atoms with Gasteiger partial charge in [-0.15, -0.1) is 0 Å². The summed E-state index contributed by atoms with van der Waals surface area (Å²) < 4.78 is 28.1. The standard InChI is InChI=1S/C47H59FN6O7/c1-9-53-39-15-14-29-22-33(39)35(42(53)32-12-10-16-49-40(32)27(4)60-8)24-47(5,6)25-61-46(59)37-13-11-17-54(51-37)45(58)38(20-28-18-30(29)21-31(55)19-28)50-43(56)41(26(2)3)52(7)44(57)34-23-36(34)48/h10,12,14-16,18-19,21-22,26-27,34,36-38,41,51,55H,9,11,13,17,20,23-25H2,1-8H3,(H,50,56)/t27-,34-,36+,37-,38-,41-/m0/s1. The number of rotatable bonds is 9. The number of alkyl halides is 1. The van der Waals surface area contributed by atoms with Gasteiger partial charge in [-0.2, -0.15) is 0 Å². The van der Waals surface area contributed by atoms with E-state index in [1.54, 1.807) is 39.3 Å². The van der Waals surface area contributed by atoms with Crippen molar-refractivity contribution >= 4 is 34.6 Å². The lowest BCUT2D eigenvalue weighted by atomic mass is 9.84. The highest BCUT2D eigenvalue weighted by Crippen LogP contribution is 2.42. The van der Waals surface area contributed by atoms with Crippen molar-refractivity contribution in [3.8, 4) is 28.1 Å². The minimum absolute atomic E-state index is 0.0174. The Hall–Kier alpha value is -5.34. The molecule has 2 aromatic heterocycles. The zero-order valence-electron chi connectivity index (χ0n) is 36.5. The summed E-state index contributed by atoms with van der Waals surface area (Å²) in [7, 11) is 3.16. The predicted molar refractivity (Wildman–Crippen MR) is 230 cm³/mol. The lowest BCUT2D eigenvalue weighted by Gasteiger charge is -2.36. The van der Waals surface area contributed by atoms with Crippen LogP contribution in [0.3, 0.4) is 0 Å². The number of benzene rings is 2. The number of carbonyl (C=O) groups is 4. The Morgan fingerprint density at radius 2 is 1.89 bits per heavy atom. The molecule has 3 aliphatic rings. The quantitative estimate of drug-likeness (QED) is 0.165. The number of aromatic nitrogens is 2. The maximum Gasteiger partial charge on any atom is 0.324 e. The van der Waals surface area contributed by atoms with E-state index in [2.05, 4.69) is 54.3 Å². The van der Waals surface area contributed by atoms with E-state index in [1.807, 2.05) is 25.1 Å². The first kappa shape index (κ1) is 43.7. The van der Waals surface area contributed by atoms with Crippen LogP contribution in [0.2, 0.25) is 0 Å². The summed E-state index contributed by atoms with van der Waals surface area (Å²) >= 11 is 0. The first-order valence-electron chi connectivity index (χ1n) is 21.4. The Labute approximate surface area is 356 Å². The highest BCUT2D eigenvalue weighted by molar-refractivity contribution is 5.96. The van der Waals surface area contributed by atoms with Gasteiger partial charge in [0.1, 0.15) is 30.0 Å². The van der Waals surface area contributed by atoms with Gasteiger partial charge in [0.2, 0.25) is 11.8 Å². The average Bonchev–Trinajstić information content (AvgIpc) is 3.90. The normalized spacial score (nSPS) is 22.6. The Kier molecular flexibility index (Phi) is 12.6. The summed E-state index contributed by atoms with van der Waals surface area (Å²) in [6.07, 6.45) is 1.85. The number of phenolic OH excluding ortho intramolecular Hbond substituents is 1. The van der Waals surface area contributed by atoms with Crippen molar-refractivity contribution in [1.29, 1.82) is 0 Å². The number of nitrogens with one attached hydrogen (secondary N) is 2. The van der Waals surface area contributed by atoms with E-state index in [0.29, 0.717) is 36.9 Å². The van der Waals surface area contributed by atoms with Crippen molar-refractivity contribution in [2.45, 2.75) is 111 Å². The number of fused-ring (bicyclic) bond motifs is 6. The molecule has 2 aromatic carbocycles. The zero-order chi connectivity index (χ0) is 43.9. The molecule has 0 radical (unpaired) electrons. The summed E-state index contributed by atoms with van der Waals surface area (Å²) in [6, 6.07) is 12.4. The molecule has 4 aromatic rings.